The number of fused-ring (bicyclic) bond motifs is 4. The fourth-order valence-electron chi connectivity index (χ4n) is 4.05. The average molecular weight is 428 g/mol. The van der Waals surface area contributed by atoms with E-state index in [-0.39, 0.29) is 5.92 Å². The molecule has 5 rings (SSSR count). The van der Waals surface area contributed by atoms with Crippen molar-refractivity contribution in [1.29, 1.82) is 0 Å². The molecule has 0 saturated heterocycles. The number of ether oxygens (including phenoxy) is 1. The zero-order chi connectivity index (χ0) is 21.2. The number of benzene rings is 3. The van der Waals surface area contributed by atoms with Gasteiger partial charge in [-0.2, -0.15) is 0 Å². The minimum atomic E-state index is -0.422. The number of amides is 1. The van der Waals surface area contributed by atoms with Crippen LogP contribution >= 0.6 is 11.3 Å². The van der Waals surface area contributed by atoms with Crippen LogP contribution in [0.4, 0.5) is 9.93 Å². The summed E-state index contributed by atoms with van der Waals surface area (Å²) in [5.41, 5.74) is 12.5. The van der Waals surface area contributed by atoms with Crippen LogP contribution in [0.3, 0.4) is 0 Å². The highest BCUT2D eigenvalue weighted by Crippen LogP contribution is 2.44. The molecule has 0 spiro atoms. The summed E-state index contributed by atoms with van der Waals surface area (Å²) in [6.45, 7) is 0.694. The number of carbonyl (C=O) groups is 1. The minimum absolute atomic E-state index is 0.0611. The van der Waals surface area contributed by atoms with Gasteiger partial charge in [0.15, 0.2) is 5.13 Å². The van der Waals surface area contributed by atoms with Crippen LogP contribution in [0.25, 0.3) is 27.4 Å². The van der Waals surface area contributed by atoms with Gasteiger partial charge in [-0.25, -0.2) is 9.78 Å². The predicted molar refractivity (Wildman–Crippen MR) is 126 cm³/mol. The highest BCUT2D eigenvalue weighted by Gasteiger charge is 2.28. The molecule has 0 radical (unpaired) electrons. The van der Waals surface area contributed by atoms with Gasteiger partial charge in [0.1, 0.15) is 6.61 Å². The number of nitrogens with one attached hydrogen (secondary N) is 1. The maximum atomic E-state index is 12.2. The molecule has 1 aliphatic carbocycles. The molecule has 0 aliphatic heterocycles. The van der Waals surface area contributed by atoms with Crippen molar-refractivity contribution in [2.24, 2.45) is 0 Å². The number of carbonyl (C=O) groups excluding carboxylic acids is 1. The van der Waals surface area contributed by atoms with Crippen molar-refractivity contribution in [2.75, 3.05) is 18.9 Å². The Balaban J connectivity index is 1.17. The first-order valence-electron chi connectivity index (χ1n) is 10.1. The molecule has 0 atom stereocenters. The average Bonchev–Trinajstić information content (AvgIpc) is 3.32. The van der Waals surface area contributed by atoms with Crippen LogP contribution in [0.15, 0.2) is 72.8 Å². The van der Waals surface area contributed by atoms with E-state index in [1.165, 1.54) is 33.6 Å². The van der Waals surface area contributed by atoms with Crippen LogP contribution in [0, 0.1) is 0 Å². The van der Waals surface area contributed by atoms with Crippen LogP contribution in [0.2, 0.25) is 0 Å². The van der Waals surface area contributed by atoms with E-state index in [4.69, 9.17) is 10.5 Å². The molecule has 154 valence electrons. The largest absolute Gasteiger partial charge is 0.449 e. The smallest absolute Gasteiger partial charge is 0.407 e. The third kappa shape index (κ3) is 3.90. The second-order valence-corrected chi connectivity index (χ2v) is 8.45. The standard InChI is InChI=1S/C25H21N3O2S/c26-24-28-22-14-16(11-12-23(22)31-24)6-5-13-27-25(29)30-15-21-19-9-3-1-7-17(19)18-8-2-4-10-20(18)21/h1-12,14,21H,13,15H2,(H2,26,28)(H,27,29). The van der Waals surface area contributed by atoms with Gasteiger partial charge in [0, 0.05) is 12.5 Å². The molecule has 0 bridgehead atoms. The van der Waals surface area contributed by atoms with Crippen molar-refractivity contribution in [3.05, 3.63) is 89.5 Å². The molecule has 31 heavy (non-hydrogen) atoms. The summed E-state index contributed by atoms with van der Waals surface area (Å²) in [4.78, 5) is 16.5. The lowest BCUT2D eigenvalue weighted by molar-refractivity contribution is 0.144. The van der Waals surface area contributed by atoms with Gasteiger partial charge in [-0.3, -0.25) is 0 Å². The number of anilines is 1. The summed E-state index contributed by atoms with van der Waals surface area (Å²) in [7, 11) is 0. The van der Waals surface area contributed by atoms with Crippen LogP contribution < -0.4 is 11.1 Å². The Morgan fingerprint density at radius 2 is 1.77 bits per heavy atom. The molecule has 1 aromatic heterocycles. The topological polar surface area (TPSA) is 77.2 Å². The second kappa shape index (κ2) is 8.24. The summed E-state index contributed by atoms with van der Waals surface area (Å²) < 4.78 is 6.61. The maximum Gasteiger partial charge on any atom is 0.407 e. The van der Waals surface area contributed by atoms with E-state index in [2.05, 4.69) is 34.6 Å². The number of aromatic nitrogens is 1. The molecule has 0 unspecified atom stereocenters. The Bertz CT molecular complexity index is 1250. The number of hydrogen-bond donors (Lipinski definition) is 2. The van der Waals surface area contributed by atoms with Gasteiger partial charge in [-0.05, 0) is 39.9 Å². The third-order valence-electron chi connectivity index (χ3n) is 5.45. The monoisotopic (exact) mass is 427 g/mol. The zero-order valence-electron chi connectivity index (χ0n) is 16.7. The second-order valence-electron chi connectivity index (χ2n) is 7.39. The van der Waals surface area contributed by atoms with Crippen LogP contribution in [-0.2, 0) is 4.74 Å². The van der Waals surface area contributed by atoms with E-state index in [0.29, 0.717) is 18.3 Å². The summed E-state index contributed by atoms with van der Waals surface area (Å²) in [5.74, 6) is 0.0611. The highest BCUT2D eigenvalue weighted by molar-refractivity contribution is 7.22. The number of nitrogen functional groups attached to an aromatic ring is 1. The lowest BCUT2D eigenvalue weighted by Gasteiger charge is -2.14. The number of nitrogens with zero attached hydrogens (tertiary/aromatic N) is 1. The number of hydrogen-bond acceptors (Lipinski definition) is 5. The van der Waals surface area contributed by atoms with Gasteiger partial charge in [-0.15, -0.1) is 0 Å². The first-order chi connectivity index (χ1) is 15.2. The molecule has 1 heterocycles. The van der Waals surface area contributed by atoms with Crippen molar-refractivity contribution in [3.8, 4) is 11.1 Å². The van der Waals surface area contributed by atoms with Crippen molar-refractivity contribution in [3.63, 3.8) is 0 Å². The van der Waals surface area contributed by atoms with E-state index in [1.54, 1.807) is 0 Å². The van der Waals surface area contributed by atoms with Gasteiger partial charge >= 0.3 is 6.09 Å². The van der Waals surface area contributed by atoms with E-state index in [9.17, 15) is 4.79 Å². The molecule has 6 heteroatoms. The number of alkyl carbamates (subject to hydrolysis) is 1. The predicted octanol–water partition coefficient (Wildman–Crippen LogP) is 5.43. The zero-order valence-corrected chi connectivity index (χ0v) is 17.6. The van der Waals surface area contributed by atoms with E-state index in [1.807, 2.05) is 54.6 Å². The Kier molecular flexibility index (Phi) is 5.14. The molecular formula is C25H21N3O2S. The van der Waals surface area contributed by atoms with E-state index < -0.39 is 6.09 Å². The molecular weight excluding hydrogens is 406 g/mol. The fourth-order valence-corrected chi connectivity index (χ4v) is 4.77. The number of rotatable bonds is 5. The molecule has 5 nitrogen and oxygen atoms in total. The van der Waals surface area contributed by atoms with Crippen molar-refractivity contribution in [1.82, 2.24) is 10.3 Å². The normalized spacial score (nSPS) is 12.8. The lowest BCUT2D eigenvalue weighted by Crippen LogP contribution is -2.26. The lowest BCUT2D eigenvalue weighted by atomic mass is 9.98. The SMILES string of the molecule is Nc1nc2cc(C=CCNC(=O)OCC3c4ccccc4-c4ccccc43)ccc2s1. The summed E-state index contributed by atoms with van der Waals surface area (Å²) >= 11 is 1.47. The first kappa shape index (κ1) is 19.3. The molecule has 3 N–H and O–H groups in total. The highest BCUT2D eigenvalue weighted by atomic mass is 32.1. The molecule has 0 fully saturated rings. The minimum Gasteiger partial charge on any atom is -0.449 e. The van der Waals surface area contributed by atoms with Crippen molar-refractivity contribution >= 4 is 38.9 Å². The Morgan fingerprint density at radius 3 is 2.52 bits per heavy atom. The first-order valence-corrected chi connectivity index (χ1v) is 10.9. The van der Waals surface area contributed by atoms with Crippen LogP contribution in [0.1, 0.15) is 22.6 Å². The van der Waals surface area contributed by atoms with E-state index in [0.717, 1.165) is 15.8 Å². The van der Waals surface area contributed by atoms with Crippen molar-refractivity contribution < 1.29 is 9.53 Å². The quantitative estimate of drug-likeness (QED) is 0.445. The fraction of sp³-hybridized carbons (Fsp3) is 0.120. The number of thiazole rings is 1. The molecule has 4 aromatic rings. The Morgan fingerprint density at radius 1 is 1.06 bits per heavy atom. The van der Waals surface area contributed by atoms with Crippen molar-refractivity contribution in [2.45, 2.75) is 5.92 Å². The van der Waals surface area contributed by atoms with Gasteiger partial charge in [0.05, 0.1) is 10.2 Å². The maximum absolute atomic E-state index is 12.2. The summed E-state index contributed by atoms with van der Waals surface area (Å²) in [6.07, 6.45) is 3.41. The van der Waals surface area contributed by atoms with Gasteiger partial charge in [0.2, 0.25) is 0 Å². The number of nitrogens with two attached hydrogens (primary N) is 1. The molecule has 1 aliphatic rings. The summed E-state index contributed by atoms with van der Waals surface area (Å²) in [6, 6.07) is 22.6. The van der Waals surface area contributed by atoms with Gasteiger partial charge < -0.3 is 15.8 Å². The molecule has 3 aromatic carbocycles. The van der Waals surface area contributed by atoms with E-state index >= 15 is 0 Å². The third-order valence-corrected chi connectivity index (χ3v) is 6.31. The summed E-state index contributed by atoms with van der Waals surface area (Å²) in [5, 5.41) is 3.35. The molecule has 1 amide bonds. The van der Waals surface area contributed by atoms with Gasteiger partial charge in [-0.1, -0.05) is 78.1 Å². The van der Waals surface area contributed by atoms with Crippen LogP contribution in [-0.4, -0.2) is 24.2 Å². The Hall–Kier alpha value is -3.64. The Labute approximate surface area is 184 Å². The molecule has 0 saturated carbocycles. The van der Waals surface area contributed by atoms with Gasteiger partial charge in [0.25, 0.3) is 0 Å². The van der Waals surface area contributed by atoms with Crippen LogP contribution in [0.5, 0.6) is 0 Å².